The molecule has 9 N–H and O–H groups in total. The number of thiol groups is 1. The molecule has 0 aliphatic heterocycles. The SMILES string of the molecule is NCC(=O)NC(CC(=O)O)C(=O)NC(CS)C(=O)NC(CCC(N)=O)C(=O)O. The Bertz CT molecular complexity index is 629. The van der Waals surface area contributed by atoms with Crippen LogP contribution in [0.4, 0.5) is 0 Å². The first-order valence-electron chi connectivity index (χ1n) is 7.95. The van der Waals surface area contributed by atoms with Gasteiger partial charge in [-0.3, -0.25) is 24.0 Å². The number of carbonyl (C=O) groups excluding carboxylic acids is 4. The number of carbonyl (C=O) groups is 6. The number of nitrogens with one attached hydrogen (secondary N) is 3. The molecule has 0 saturated carbocycles. The molecule has 158 valence electrons. The number of rotatable bonds is 13. The summed E-state index contributed by atoms with van der Waals surface area (Å²) in [6.07, 6.45) is -1.33. The molecule has 3 unspecified atom stereocenters. The van der Waals surface area contributed by atoms with Crippen molar-refractivity contribution in [3.63, 3.8) is 0 Å². The minimum absolute atomic E-state index is 0.260. The number of amides is 4. The van der Waals surface area contributed by atoms with Crippen LogP contribution in [0.25, 0.3) is 0 Å². The standard InChI is InChI=1S/C14H23N5O8S/c15-4-10(21)17-7(3-11(22)23)12(24)19-8(5-28)13(25)18-6(14(26)27)1-2-9(16)20/h6-8,28H,1-5,15H2,(H2,16,20)(H,17,21)(H,18,25)(H,19,24)(H,22,23)(H,26,27). The third kappa shape index (κ3) is 9.72. The van der Waals surface area contributed by atoms with Crippen molar-refractivity contribution in [1.82, 2.24) is 16.0 Å². The highest BCUT2D eigenvalue weighted by Gasteiger charge is 2.29. The second-order valence-corrected chi connectivity index (χ2v) is 5.94. The molecule has 0 saturated heterocycles. The monoisotopic (exact) mass is 421 g/mol. The van der Waals surface area contributed by atoms with Crippen LogP contribution < -0.4 is 27.4 Å². The number of primary amides is 1. The first kappa shape index (κ1) is 25.1. The maximum Gasteiger partial charge on any atom is 0.326 e. The van der Waals surface area contributed by atoms with Gasteiger partial charge in [0.05, 0.1) is 13.0 Å². The molecule has 0 radical (unpaired) electrons. The molecular formula is C14H23N5O8S. The summed E-state index contributed by atoms with van der Waals surface area (Å²) < 4.78 is 0. The van der Waals surface area contributed by atoms with Gasteiger partial charge in [-0.2, -0.15) is 12.6 Å². The summed E-state index contributed by atoms with van der Waals surface area (Å²) in [6.45, 7) is -0.486. The zero-order valence-electron chi connectivity index (χ0n) is 14.7. The molecule has 4 amide bonds. The minimum Gasteiger partial charge on any atom is -0.481 e. The molecule has 0 spiro atoms. The largest absolute Gasteiger partial charge is 0.481 e. The zero-order chi connectivity index (χ0) is 21.9. The molecule has 28 heavy (non-hydrogen) atoms. The van der Waals surface area contributed by atoms with E-state index in [1.165, 1.54) is 0 Å². The first-order chi connectivity index (χ1) is 13.0. The van der Waals surface area contributed by atoms with Gasteiger partial charge in [0.1, 0.15) is 18.1 Å². The van der Waals surface area contributed by atoms with Crippen LogP contribution in [0.2, 0.25) is 0 Å². The maximum atomic E-state index is 12.2. The average molecular weight is 421 g/mol. The molecule has 0 bridgehead atoms. The van der Waals surface area contributed by atoms with Crippen molar-refractivity contribution < 1.29 is 39.0 Å². The van der Waals surface area contributed by atoms with E-state index in [0.29, 0.717) is 0 Å². The van der Waals surface area contributed by atoms with Gasteiger partial charge in [-0.1, -0.05) is 0 Å². The highest BCUT2D eigenvalue weighted by molar-refractivity contribution is 7.80. The second-order valence-electron chi connectivity index (χ2n) is 5.57. The van der Waals surface area contributed by atoms with E-state index in [4.69, 9.17) is 21.7 Å². The van der Waals surface area contributed by atoms with Gasteiger partial charge in [0.2, 0.25) is 23.6 Å². The van der Waals surface area contributed by atoms with Crippen LogP contribution in [0.5, 0.6) is 0 Å². The number of aliphatic carboxylic acids is 2. The Hall–Kier alpha value is -2.87. The Balaban J connectivity index is 5.09. The minimum atomic E-state index is -1.51. The number of hydrogen-bond donors (Lipinski definition) is 8. The van der Waals surface area contributed by atoms with Crippen molar-refractivity contribution in [3.8, 4) is 0 Å². The predicted molar refractivity (Wildman–Crippen MR) is 97.0 cm³/mol. The Morgan fingerprint density at radius 1 is 0.893 bits per heavy atom. The van der Waals surface area contributed by atoms with E-state index in [1.54, 1.807) is 0 Å². The summed E-state index contributed by atoms with van der Waals surface area (Å²) >= 11 is 3.89. The van der Waals surface area contributed by atoms with Crippen molar-refractivity contribution in [1.29, 1.82) is 0 Å². The summed E-state index contributed by atoms with van der Waals surface area (Å²) in [5.41, 5.74) is 10.0. The van der Waals surface area contributed by atoms with Gasteiger partial charge < -0.3 is 37.6 Å². The van der Waals surface area contributed by atoms with Crippen molar-refractivity contribution >= 4 is 48.2 Å². The van der Waals surface area contributed by atoms with E-state index in [9.17, 15) is 28.8 Å². The summed E-state index contributed by atoms with van der Waals surface area (Å²) in [4.78, 5) is 68.6. The summed E-state index contributed by atoms with van der Waals surface area (Å²) in [7, 11) is 0. The van der Waals surface area contributed by atoms with E-state index >= 15 is 0 Å². The van der Waals surface area contributed by atoms with Gasteiger partial charge in [-0.05, 0) is 6.42 Å². The molecule has 0 aromatic carbocycles. The highest BCUT2D eigenvalue weighted by atomic mass is 32.1. The van der Waals surface area contributed by atoms with E-state index in [0.717, 1.165) is 0 Å². The predicted octanol–water partition coefficient (Wildman–Crippen LogP) is -3.85. The molecule has 13 nitrogen and oxygen atoms in total. The van der Waals surface area contributed by atoms with Gasteiger partial charge in [-0.25, -0.2) is 4.79 Å². The Kier molecular flexibility index (Phi) is 11.2. The van der Waals surface area contributed by atoms with Gasteiger partial charge in [0.15, 0.2) is 0 Å². The van der Waals surface area contributed by atoms with Crippen molar-refractivity contribution in [2.75, 3.05) is 12.3 Å². The molecule has 0 aromatic rings. The van der Waals surface area contributed by atoms with Crippen LogP contribution in [0.1, 0.15) is 19.3 Å². The lowest BCUT2D eigenvalue weighted by Gasteiger charge is -2.22. The third-order valence-corrected chi connectivity index (χ3v) is 3.69. The maximum absolute atomic E-state index is 12.2. The molecule has 0 fully saturated rings. The van der Waals surface area contributed by atoms with Gasteiger partial charge in [0.25, 0.3) is 0 Å². The fourth-order valence-corrected chi connectivity index (χ4v) is 2.18. The van der Waals surface area contributed by atoms with Gasteiger partial charge >= 0.3 is 11.9 Å². The lowest BCUT2D eigenvalue weighted by Crippen LogP contribution is -2.57. The van der Waals surface area contributed by atoms with E-state index in [2.05, 4.69) is 28.6 Å². The topological polar surface area (TPSA) is 231 Å². The second kappa shape index (κ2) is 12.5. The molecule has 0 aliphatic rings. The highest BCUT2D eigenvalue weighted by Crippen LogP contribution is 2.01. The molecule has 0 rings (SSSR count). The normalized spacial score (nSPS) is 13.5. The average Bonchev–Trinajstić information content (AvgIpc) is 2.60. The number of nitrogens with two attached hydrogens (primary N) is 2. The van der Waals surface area contributed by atoms with Crippen LogP contribution in [0.15, 0.2) is 0 Å². The lowest BCUT2D eigenvalue weighted by atomic mass is 10.1. The lowest BCUT2D eigenvalue weighted by molar-refractivity contribution is -0.143. The van der Waals surface area contributed by atoms with Gasteiger partial charge in [0, 0.05) is 12.2 Å². The van der Waals surface area contributed by atoms with Crippen LogP contribution >= 0.6 is 12.6 Å². The molecular weight excluding hydrogens is 398 g/mol. The molecule has 0 aromatic heterocycles. The van der Waals surface area contributed by atoms with Crippen LogP contribution in [0, 0.1) is 0 Å². The summed E-state index contributed by atoms with van der Waals surface area (Å²) in [5, 5.41) is 24.3. The summed E-state index contributed by atoms with van der Waals surface area (Å²) in [5.74, 6) is -6.54. The Morgan fingerprint density at radius 2 is 1.43 bits per heavy atom. The van der Waals surface area contributed by atoms with Crippen LogP contribution in [-0.4, -0.2) is 76.2 Å². The Labute approximate surface area is 165 Å². The fraction of sp³-hybridized carbons (Fsp3) is 0.571. The van der Waals surface area contributed by atoms with E-state index in [1.807, 2.05) is 0 Å². The van der Waals surface area contributed by atoms with Crippen molar-refractivity contribution in [2.45, 2.75) is 37.4 Å². The fourth-order valence-electron chi connectivity index (χ4n) is 1.92. The van der Waals surface area contributed by atoms with Gasteiger partial charge in [-0.15, -0.1) is 0 Å². The van der Waals surface area contributed by atoms with Crippen LogP contribution in [-0.2, 0) is 28.8 Å². The third-order valence-electron chi connectivity index (χ3n) is 3.33. The molecule has 14 heteroatoms. The number of carboxylic acid groups (broad SMARTS) is 2. The number of carboxylic acids is 2. The van der Waals surface area contributed by atoms with E-state index < -0.39 is 66.7 Å². The quantitative estimate of drug-likeness (QED) is 0.136. The van der Waals surface area contributed by atoms with Crippen LogP contribution in [0.3, 0.4) is 0 Å². The smallest absolute Gasteiger partial charge is 0.326 e. The van der Waals surface area contributed by atoms with Crippen molar-refractivity contribution in [3.05, 3.63) is 0 Å². The first-order valence-corrected chi connectivity index (χ1v) is 8.59. The zero-order valence-corrected chi connectivity index (χ0v) is 15.6. The number of hydrogen-bond acceptors (Lipinski definition) is 8. The molecule has 0 aliphatic carbocycles. The Morgan fingerprint density at radius 3 is 1.86 bits per heavy atom. The summed E-state index contributed by atoms with van der Waals surface area (Å²) in [6, 6.07) is -4.28. The molecule has 3 atom stereocenters. The molecule has 0 heterocycles. The van der Waals surface area contributed by atoms with E-state index in [-0.39, 0.29) is 18.6 Å². The van der Waals surface area contributed by atoms with Crippen molar-refractivity contribution in [2.24, 2.45) is 11.5 Å².